The van der Waals surface area contributed by atoms with E-state index < -0.39 is 15.8 Å². The molecule has 0 atom stereocenters. The molecule has 0 amide bonds. The van der Waals surface area contributed by atoms with Gasteiger partial charge in [-0.15, -0.1) is 0 Å². The van der Waals surface area contributed by atoms with Crippen molar-refractivity contribution >= 4 is 10.0 Å². The lowest BCUT2D eigenvalue weighted by Gasteiger charge is -2.14. The van der Waals surface area contributed by atoms with Gasteiger partial charge >= 0.3 is 0 Å². The van der Waals surface area contributed by atoms with Crippen molar-refractivity contribution in [1.82, 2.24) is 4.72 Å². The first-order valence-corrected chi connectivity index (χ1v) is 9.27. The lowest BCUT2D eigenvalue weighted by atomic mass is 10.0. The van der Waals surface area contributed by atoms with Gasteiger partial charge in [-0.3, -0.25) is 0 Å². The van der Waals surface area contributed by atoms with E-state index in [-0.39, 0.29) is 18.0 Å². The molecule has 0 fully saturated rings. The number of sulfonamides is 1. The Hall–Kier alpha value is -1.92. The predicted molar refractivity (Wildman–Crippen MR) is 92.4 cm³/mol. The van der Waals surface area contributed by atoms with Crippen LogP contribution < -0.4 is 9.46 Å². The van der Waals surface area contributed by atoms with Crippen LogP contribution in [0.4, 0.5) is 4.39 Å². The van der Waals surface area contributed by atoms with Gasteiger partial charge in [-0.05, 0) is 42.2 Å². The number of benzene rings is 2. The number of nitrogens with one attached hydrogen (secondary N) is 1. The Balaban J connectivity index is 1.98. The molecular formula is C18H22FNO3S. The molecule has 0 heterocycles. The Morgan fingerprint density at radius 2 is 1.88 bits per heavy atom. The Morgan fingerprint density at radius 3 is 2.58 bits per heavy atom. The highest BCUT2D eigenvalue weighted by atomic mass is 32.2. The third-order valence-electron chi connectivity index (χ3n) is 3.57. The van der Waals surface area contributed by atoms with Gasteiger partial charge in [0.05, 0.1) is 0 Å². The molecule has 1 N–H and O–H groups in total. The minimum atomic E-state index is -3.90. The molecule has 4 nitrogen and oxygen atoms in total. The monoisotopic (exact) mass is 351 g/mol. The Kier molecular flexibility index (Phi) is 5.96. The van der Waals surface area contributed by atoms with Crippen molar-refractivity contribution in [2.24, 2.45) is 0 Å². The van der Waals surface area contributed by atoms with Crippen LogP contribution in [-0.4, -0.2) is 21.6 Å². The molecule has 0 aromatic heterocycles. The normalized spacial score (nSPS) is 11.7. The maximum absolute atomic E-state index is 13.7. The van der Waals surface area contributed by atoms with Crippen LogP contribution in [0.5, 0.6) is 5.75 Å². The van der Waals surface area contributed by atoms with Gasteiger partial charge in [-0.1, -0.05) is 38.1 Å². The zero-order valence-electron chi connectivity index (χ0n) is 14.0. The summed E-state index contributed by atoms with van der Waals surface area (Å²) in [4.78, 5) is -0.343. The summed E-state index contributed by atoms with van der Waals surface area (Å²) in [6.45, 7) is 6.06. The highest BCUT2D eigenvalue weighted by Gasteiger charge is 2.18. The van der Waals surface area contributed by atoms with E-state index >= 15 is 0 Å². The summed E-state index contributed by atoms with van der Waals surface area (Å²) in [7, 11) is -3.90. The lowest BCUT2D eigenvalue weighted by Crippen LogP contribution is -2.29. The number of hydrogen-bond donors (Lipinski definition) is 1. The summed E-state index contributed by atoms with van der Waals surface area (Å²) >= 11 is 0. The summed E-state index contributed by atoms with van der Waals surface area (Å²) in [6.07, 6.45) is 0. The van der Waals surface area contributed by atoms with Crippen LogP contribution in [0.15, 0.2) is 47.4 Å². The quantitative estimate of drug-likeness (QED) is 0.775. The fraction of sp³-hybridized carbons (Fsp3) is 0.333. The molecule has 24 heavy (non-hydrogen) atoms. The molecule has 0 radical (unpaired) electrons. The van der Waals surface area contributed by atoms with Gasteiger partial charge in [0, 0.05) is 6.54 Å². The SMILES string of the molecule is Cc1ccc(F)c(S(=O)(=O)NCCOc2ccccc2C(C)C)c1. The van der Waals surface area contributed by atoms with Gasteiger partial charge in [0.1, 0.15) is 23.1 Å². The van der Waals surface area contributed by atoms with Crippen molar-refractivity contribution < 1.29 is 17.5 Å². The van der Waals surface area contributed by atoms with E-state index in [0.29, 0.717) is 11.5 Å². The molecule has 2 aromatic carbocycles. The zero-order chi connectivity index (χ0) is 17.7. The van der Waals surface area contributed by atoms with Crippen molar-refractivity contribution in [2.45, 2.75) is 31.6 Å². The average Bonchev–Trinajstić information content (AvgIpc) is 2.54. The molecule has 0 saturated heterocycles. The van der Waals surface area contributed by atoms with Gasteiger partial charge in [-0.2, -0.15) is 0 Å². The number of ether oxygens (including phenoxy) is 1. The highest BCUT2D eigenvalue weighted by Crippen LogP contribution is 2.25. The second-order valence-electron chi connectivity index (χ2n) is 5.87. The van der Waals surface area contributed by atoms with Crippen LogP contribution in [0, 0.1) is 12.7 Å². The molecule has 2 rings (SSSR count). The van der Waals surface area contributed by atoms with Gasteiger partial charge in [0.2, 0.25) is 10.0 Å². The summed E-state index contributed by atoms with van der Waals surface area (Å²) in [5.74, 6) is 0.270. The van der Waals surface area contributed by atoms with Crippen molar-refractivity contribution in [3.8, 4) is 5.75 Å². The fourth-order valence-electron chi connectivity index (χ4n) is 2.32. The van der Waals surface area contributed by atoms with E-state index in [1.54, 1.807) is 6.92 Å². The topological polar surface area (TPSA) is 55.4 Å². The van der Waals surface area contributed by atoms with E-state index in [4.69, 9.17) is 4.74 Å². The number of para-hydroxylation sites is 1. The van der Waals surface area contributed by atoms with E-state index in [1.807, 2.05) is 24.3 Å². The number of hydrogen-bond acceptors (Lipinski definition) is 3. The number of rotatable bonds is 7. The molecule has 0 spiro atoms. The van der Waals surface area contributed by atoms with E-state index in [9.17, 15) is 12.8 Å². The van der Waals surface area contributed by atoms with Gasteiger partial charge in [0.25, 0.3) is 0 Å². The third kappa shape index (κ3) is 4.55. The zero-order valence-corrected chi connectivity index (χ0v) is 14.9. The van der Waals surface area contributed by atoms with Crippen molar-refractivity contribution in [3.05, 3.63) is 59.4 Å². The molecule has 0 unspecified atom stereocenters. The van der Waals surface area contributed by atoms with Gasteiger partial charge in [0.15, 0.2) is 0 Å². The van der Waals surface area contributed by atoms with E-state index in [1.165, 1.54) is 12.1 Å². The fourth-order valence-corrected chi connectivity index (χ4v) is 3.49. The first-order valence-electron chi connectivity index (χ1n) is 7.79. The number of halogens is 1. The second-order valence-corrected chi connectivity index (χ2v) is 7.61. The minimum absolute atomic E-state index is 0.0577. The third-order valence-corrected chi connectivity index (χ3v) is 5.04. The van der Waals surface area contributed by atoms with Crippen LogP contribution in [0.1, 0.15) is 30.9 Å². The van der Waals surface area contributed by atoms with Gasteiger partial charge in [-0.25, -0.2) is 17.5 Å². The van der Waals surface area contributed by atoms with E-state index in [0.717, 1.165) is 17.4 Å². The Labute approximate surface area is 142 Å². The molecular weight excluding hydrogens is 329 g/mol. The van der Waals surface area contributed by atoms with Crippen LogP contribution in [0.3, 0.4) is 0 Å². The van der Waals surface area contributed by atoms with Gasteiger partial charge < -0.3 is 4.74 Å². The molecule has 2 aromatic rings. The molecule has 0 aliphatic heterocycles. The predicted octanol–water partition coefficient (Wildman–Crippen LogP) is 3.61. The van der Waals surface area contributed by atoms with Crippen molar-refractivity contribution in [2.75, 3.05) is 13.2 Å². The summed E-state index contributed by atoms with van der Waals surface area (Å²) in [5, 5.41) is 0. The summed E-state index contributed by atoms with van der Waals surface area (Å²) in [5.41, 5.74) is 1.74. The largest absolute Gasteiger partial charge is 0.492 e. The lowest BCUT2D eigenvalue weighted by molar-refractivity contribution is 0.318. The molecule has 6 heteroatoms. The van der Waals surface area contributed by atoms with Crippen molar-refractivity contribution in [3.63, 3.8) is 0 Å². The van der Waals surface area contributed by atoms with Crippen LogP contribution in [-0.2, 0) is 10.0 Å². The maximum Gasteiger partial charge on any atom is 0.243 e. The Morgan fingerprint density at radius 1 is 1.17 bits per heavy atom. The van der Waals surface area contributed by atoms with Crippen LogP contribution in [0.25, 0.3) is 0 Å². The molecule has 0 aliphatic carbocycles. The smallest absolute Gasteiger partial charge is 0.243 e. The molecule has 0 aliphatic rings. The standard InChI is InChI=1S/C18H22FNO3S/c1-13(2)15-6-4-5-7-17(15)23-11-10-20-24(21,22)18-12-14(3)8-9-16(18)19/h4-9,12-13,20H,10-11H2,1-3H3. The van der Waals surface area contributed by atoms with E-state index in [2.05, 4.69) is 18.6 Å². The van der Waals surface area contributed by atoms with Crippen LogP contribution in [0.2, 0.25) is 0 Å². The molecule has 0 bridgehead atoms. The minimum Gasteiger partial charge on any atom is -0.492 e. The Bertz CT molecular complexity index is 804. The first-order chi connectivity index (χ1) is 11.3. The maximum atomic E-state index is 13.7. The van der Waals surface area contributed by atoms with Crippen LogP contribution >= 0.6 is 0 Å². The average molecular weight is 351 g/mol. The number of aryl methyl sites for hydroxylation is 1. The summed E-state index contributed by atoms with van der Waals surface area (Å²) in [6, 6.07) is 11.6. The summed E-state index contributed by atoms with van der Waals surface area (Å²) < 4.78 is 46.1. The first kappa shape index (κ1) is 18.4. The highest BCUT2D eigenvalue weighted by molar-refractivity contribution is 7.89. The second kappa shape index (κ2) is 7.77. The molecule has 0 saturated carbocycles. The van der Waals surface area contributed by atoms with Crippen molar-refractivity contribution in [1.29, 1.82) is 0 Å². The molecule has 130 valence electrons.